The number of thiophene rings is 1. The molecule has 0 aliphatic rings. The van der Waals surface area contributed by atoms with E-state index in [4.69, 9.17) is 9.47 Å². The Kier molecular flexibility index (Phi) is 5.81. The third-order valence-electron chi connectivity index (χ3n) is 1.54. The minimum absolute atomic E-state index is 0.284. The van der Waals surface area contributed by atoms with Gasteiger partial charge < -0.3 is 9.47 Å². The third kappa shape index (κ3) is 4.22. The van der Waals surface area contributed by atoms with Crippen molar-refractivity contribution in [1.29, 1.82) is 0 Å². The van der Waals surface area contributed by atoms with Crippen LogP contribution >= 0.6 is 43.2 Å². The van der Waals surface area contributed by atoms with Crippen molar-refractivity contribution in [1.82, 2.24) is 0 Å². The highest BCUT2D eigenvalue weighted by Crippen LogP contribution is 2.32. The van der Waals surface area contributed by atoms with Gasteiger partial charge in [-0.15, -0.1) is 11.3 Å². The molecular weight excluding hydrogens is 348 g/mol. The molecule has 6 heteroatoms. The van der Waals surface area contributed by atoms with Gasteiger partial charge in [0.2, 0.25) is 0 Å². The number of hydrogen-bond donors (Lipinski definition) is 0. The molecule has 0 radical (unpaired) electrons. The van der Waals surface area contributed by atoms with Gasteiger partial charge in [-0.05, 0) is 44.8 Å². The van der Waals surface area contributed by atoms with Crippen molar-refractivity contribution < 1.29 is 14.3 Å². The zero-order valence-corrected chi connectivity index (χ0v) is 12.1. The Hall–Kier alpha value is 0.0900. The van der Waals surface area contributed by atoms with Crippen molar-refractivity contribution in [2.45, 2.75) is 6.92 Å². The first-order valence-electron chi connectivity index (χ1n) is 4.34. The number of esters is 1. The van der Waals surface area contributed by atoms with Crippen molar-refractivity contribution >= 4 is 49.2 Å². The number of ether oxygens (including phenoxy) is 2. The lowest BCUT2D eigenvalue weighted by molar-refractivity contribution is 0.0335. The first-order valence-corrected chi connectivity index (χ1v) is 6.75. The Morgan fingerprint density at radius 3 is 2.73 bits per heavy atom. The quantitative estimate of drug-likeness (QED) is 0.598. The van der Waals surface area contributed by atoms with Gasteiger partial charge in [-0.3, -0.25) is 0 Å². The summed E-state index contributed by atoms with van der Waals surface area (Å²) in [6.45, 7) is 3.25. The van der Waals surface area contributed by atoms with Crippen LogP contribution in [-0.2, 0) is 9.47 Å². The molecule has 0 aliphatic heterocycles. The van der Waals surface area contributed by atoms with E-state index in [2.05, 4.69) is 31.9 Å². The minimum atomic E-state index is -0.330. The van der Waals surface area contributed by atoms with E-state index in [1.807, 2.05) is 6.92 Å². The van der Waals surface area contributed by atoms with Gasteiger partial charge in [-0.2, -0.15) is 0 Å². The lowest BCUT2D eigenvalue weighted by Crippen LogP contribution is -2.10. The Bertz CT molecular complexity index is 338. The van der Waals surface area contributed by atoms with Crippen LogP contribution in [0.2, 0.25) is 0 Å². The molecule has 0 aliphatic carbocycles. The highest BCUT2D eigenvalue weighted by Gasteiger charge is 2.14. The van der Waals surface area contributed by atoms with Gasteiger partial charge in [-0.1, -0.05) is 0 Å². The van der Waals surface area contributed by atoms with E-state index in [0.717, 1.165) is 7.57 Å². The van der Waals surface area contributed by atoms with Crippen LogP contribution in [0.4, 0.5) is 0 Å². The number of carbonyl (C=O) groups is 1. The summed E-state index contributed by atoms with van der Waals surface area (Å²) in [5.41, 5.74) is 0.545. The van der Waals surface area contributed by atoms with Crippen molar-refractivity contribution in [3.05, 3.63) is 19.2 Å². The Morgan fingerprint density at radius 1 is 1.47 bits per heavy atom. The standard InChI is InChI=1S/C9H10Br2O3S/c1-2-13-3-4-14-9(12)6-5-7(10)15-8(6)11/h5H,2-4H2,1H3. The van der Waals surface area contributed by atoms with E-state index < -0.39 is 0 Å². The van der Waals surface area contributed by atoms with Gasteiger partial charge in [0.15, 0.2) is 0 Å². The van der Waals surface area contributed by atoms with E-state index in [1.54, 1.807) is 6.07 Å². The van der Waals surface area contributed by atoms with Crippen LogP contribution in [0.25, 0.3) is 0 Å². The average molecular weight is 358 g/mol. The summed E-state index contributed by atoms with van der Waals surface area (Å²) >= 11 is 8.04. The molecule has 84 valence electrons. The molecule has 0 unspecified atom stereocenters. The maximum atomic E-state index is 11.5. The van der Waals surface area contributed by atoms with Gasteiger partial charge in [-0.25, -0.2) is 4.79 Å². The fraction of sp³-hybridized carbons (Fsp3) is 0.444. The molecule has 0 bridgehead atoms. The minimum Gasteiger partial charge on any atom is -0.460 e. The van der Waals surface area contributed by atoms with Crippen LogP contribution in [0.3, 0.4) is 0 Å². The average Bonchev–Trinajstić information content (AvgIpc) is 2.52. The molecule has 15 heavy (non-hydrogen) atoms. The molecule has 0 atom stereocenters. The highest BCUT2D eigenvalue weighted by atomic mass is 79.9. The second-order valence-electron chi connectivity index (χ2n) is 2.57. The molecule has 1 heterocycles. The summed E-state index contributed by atoms with van der Waals surface area (Å²) < 4.78 is 11.7. The molecular formula is C9H10Br2O3S. The van der Waals surface area contributed by atoms with Crippen LogP contribution in [0.5, 0.6) is 0 Å². The van der Waals surface area contributed by atoms with Crippen LogP contribution in [0, 0.1) is 0 Å². The number of hydrogen-bond acceptors (Lipinski definition) is 4. The van der Waals surface area contributed by atoms with Crippen LogP contribution in [0.1, 0.15) is 17.3 Å². The lowest BCUT2D eigenvalue weighted by Gasteiger charge is -2.03. The van der Waals surface area contributed by atoms with Gasteiger partial charge in [0.05, 0.1) is 19.7 Å². The maximum absolute atomic E-state index is 11.5. The number of rotatable bonds is 5. The van der Waals surface area contributed by atoms with Crippen molar-refractivity contribution in [3.8, 4) is 0 Å². The smallest absolute Gasteiger partial charge is 0.340 e. The van der Waals surface area contributed by atoms with Crippen LogP contribution < -0.4 is 0 Å². The monoisotopic (exact) mass is 356 g/mol. The topological polar surface area (TPSA) is 35.5 Å². The van der Waals surface area contributed by atoms with E-state index >= 15 is 0 Å². The molecule has 3 nitrogen and oxygen atoms in total. The van der Waals surface area contributed by atoms with Crippen molar-refractivity contribution in [3.63, 3.8) is 0 Å². The Balaban J connectivity index is 2.43. The SMILES string of the molecule is CCOCCOC(=O)c1cc(Br)sc1Br. The molecule has 1 aromatic rings. The molecule has 1 aromatic heterocycles. The van der Waals surface area contributed by atoms with E-state index in [-0.39, 0.29) is 12.6 Å². The molecule has 0 saturated heterocycles. The first-order chi connectivity index (χ1) is 7.15. The molecule has 0 amide bonds. The second-order valence-corrected chi connectivity index (χ2v) is 6.32. The molecule has 0 fully saturated rings. The zero-order chi connectivity index (χ0) is 11.3. The van der Waals surface area contributed by atoms with E-state index in [1.165, 1.54) is 11.3 Å². The fourth-order valence-electron chi connectivity index (χ4n) is 0.895. The predicted octanol–water partition coefficient (Wildman–Crippen LogP) is 3.47. The zero-order valence-electron chi connectivity index (χ0n) is 8.09. The molecule has 0 N–H and O–H groups in total. The summed E-state index contributed by atoms with van der Waals surface area (Å²) in [6, 6.07) is 1.73. The number of carbonyl (C=O) groups excluding carboxylic acids is 1. The predicted molar refractivity (Wildman–Crippen MR) is 66.5 cm³/mol. The summed E-state index contributed by atoms with van der Waals surface area (Å²) in [7, 11) is 0. The van der Waals surface area contributed by atoms with Crippen molar-refractivity contribution in [2.75, 3.05) is 19.8 Å². The lowest BCUT2D eigenvalue weighted by atomic mass is 10.3. The van der Waals surface area contributed by atoms with E-state index in [9.17, 15) is 4.79 Å². The first kappa shape index (κ1) is 13.2. The molecule has 1 rings (SSSR count). The Labute approximate surface area is 109 Å². The number of halogens is 2. The van der Waals surface area contributed by atoms with Crippen LogP contribution in [0.15, 0.2) is 13.6 Å². The highest BCUT2D eigenvalue weighted by molar-refractivity contribution is 9.12. The second kappa shape index (κ2) is 6.62. The third-order valence-corrected chi connectivity index (χ3v) is 3.88. The summed E-state index contributed by atoms with van der Waals surface area (Å²) in [5.74, 6) is -0.330. The molecule has 0 saturated carbocycles. The summed E-state index contributed by atoms with van der Waals surface area (Å²) in [5, 5.41) is 0. The van der Waals surface area contributed by atoms with Gasteiger partial charge in [0.25, 0.3) is 0 Å². The van der Waals surface area contributed by atoms with Crippen molar-refractivity contribution in [2.24, 2.45) is 0 Å². The molecule has 0 spiro atoms. The Morgan fingerprint density at radius 2 is 2.20 bits per heavy atom. The fourth-order valence-corrected chi connectivity index (χ4v) is 3.66. The maximum Gasteiger partial charge on any atom is 0.340 e. The van der Waals surface area contributed by atoms with E-state index in [0.29, 0.717) is 18.8 Å². The van der Waals surface area contributed by atoms with Gasteiger partial charge in [0, 0.05) is 6.61 Å². The summed E-state index contributed by atoms with van der Waals surface area (Å²) in [4.78, 5) is 11.5. The summed E-state index contributed by atoms with van der Waals surface area (Å²) in [6.07, 6.45) is 0. The normalized spacial score (nSPS) is 10.3. The van der Waals surface area contributed by atoms with Gasteiger partial charge in [0.1, 0.15) is 6.61 Å². The molecule has 0 aromatic carbocycles. The van der Waals surface area contributed by atoms with Gasteiger partial charge >= 0.3 is 5.97 Å². The largest absolute Gasteiger partial charge is 0.460 e. The van der Waals surface area contributed by atoms with Crippen LogP contribution in [-0.4, -0.2) is 25.8 Å².